The molecule has 6 nitrogen and oxygen atoms in total. The summed E-state index contributed by atoms with van der Waals surface area (Å²) < 4.78 is 22.6. The van der Waals surface area contributed by atoms with Gasteiger partial charge in [0.25, 0.3) is 0 Å². The van der Waals surface area contributed by atoms with Crippen molar-refractivity contribution in [2.45, 2.75) is 49.5 Å². The maximum atomic E-state index is 11.3. The standard InChI is InChI=1S/C14H24N4O2S/c15-9-4-10-18(12-5-2-1-3-6-12)14-8-7-13(11-17-14)21(16,19)20/h7-8,11-12H,1-6,9-10,15H2,(H2,16,19,20). The fourth-order valence-corrected chi connectivity index (χ4v) is 3.31. The molecule has 1 aromatic heterocycles. The van der Waals surface area contributed by atoms with Crippen molar-refractivity contribution in [3.8, 4) is 0 Å². The maximum Gasteiger partial charge on any atom is 0.239 e. The first-order valence-corrected chi connectivity index (χ1v) is 9.02. The van der Waals surface area contributed by atoms with Crippen molar-refractivity contribution in [3.63, 3.8) is 0 Å². The lowest BCUT2D eigenvalue weighted by Gasteiger charge is -2.35. The average molecular weight is 312 g/mol. The summed E-state index contributed by atoms with van der Waals surface area (Å²) in [6.07, 6.45) is 8.31. The van der Waals surface area contributed by atoms with Crippen LogP contribution in [0.2, 0.25) is 0 Å². The van der Waals surface area contributed by atoms with E-state index in [1.807, 2.05) is 0 Å². The number of aromatic nitrogens is 1. The van der Waals surface area contributed by atoms with Crippen LogP contribution in [0.1, 0.15) is 38.5 Å². The van der Waals surface area contributed by atoms with E-state index < -0.39 is 10.0 Å². The second-order valence-corrected chi connectivity index (χ2v) is 7.09. The number of hydrogen-bond acceptors (Lipinski definition) is 5. The molecule has 1 fully saturated rings. The molecule has 0 amide bonds. The van der Waals surface area contributed by atoms with Crippen LogP contribution in [0.4, 0.5) is 5.82 Å². The van der Waals surface area contributed by atoms with Crippen LogP contribution >= 0.6 is 0 Å². The molecular formula is C14H24N4O2S. The number of nitrogens with two attached hydrogens (primary N) is 2. The molecule has 0 unspecified atom stereocenters. The Morgan fingerprint density at radius 3 is 2.48 bits per heavy atom. The zero-order valence-electron chi connectivity index (χ0n) is 12.2. The van der Waals surface area contributed by atoms with E-state index in [1.165, 1.54) is 31.5 Å². The molecule has 2 rings (SSSR count). The van der Waals surface area contributed by atoms with Crippen molar-refractivity contribution < 1.29 is 8.42 Å². The van der Waals surface area contributed by atoms with Crippen molar-refractivity contribution in [2.75, 3.05) is 18.0 Å². The molecule has 1 aromatic rings. The second-order valence-electron chi connectivity index (χ2n) is 5.52. The van der Waals surface area contributed by atoms with Crippen LogP contribution in [0.15, 0.2) is 23.2 Å². The highest BCUT2D eigenvalue weighted by Crippen LogP contribution is 2.26. The van der Waals surface area contributed by atoms with Crippen molar-refractivity contribution in [1.82, 2.24) is 4.98 Å². The van der Waals surface area contributed by atoms with Gasteiger partial charge in [0.15, 0.2) is 0 Å². The first-order valence-electron chi connectivity index (χ1n) is 7.48. The number of hydrogen-bond donors (Lipinski definition) is 2. The molecule has 0 spiro atoms. The molecule has 21 heavy (non-hydrogen) atoms. The molecule has 0 bridgehead atoms. The van der Waals surface area contributed by atoms with Gasteiger partial charge in [0.05, 0.1) is 0 Å². The zero-order chi connectivity index (χ0) is 15.3. The number of primary sulfonamides is 1. The van der Waals surface area contributed by atoms with Gasteiger partial charge in [-0.15, -0.1) is 0 Å². The summed E-state index contributed by atoms with van der Waals surface area (Å²) in [7, 11) is -3.69. The molecule has 0 atom stereocenters. The van der Waals surface area contributed by atoms with Crippen LogP contribution in [0.5, 0.6) is 0 Å². The summed E-state index contributed by atoms with van der Waals surface area (Å²) in [6.45, 7) is 1.49. The predicted molar refractivity (Wildman–Crippen MR) is 83.5 cm³/mol. The van der Waals surface area contributed by atoms with Crippen LogP contribution in [0.25, 0.3) is 0 Å². The molecule has 0 radical (unpaired) electrons. The van der Waals surface area contributed by atoms with Crippen LogP contribution in [-0.2, 0) is 10.0 Å². The van der Waals surface area contributed by atoms with Crippen LogP contribution in [0.3, 0.4) is 0 Å². The summed E-state index contributed by atoms with van der Waals surface area (Å²) in [4.78, 5) is 6.61. The molecule has 4 N–H and O–H groups in total. The molecule has 1 saturated carbocycles. The quantitative estimate of drug-likeness (QED) is 0.822. The number of nitrogens with zero attached hydrogens (tertiary/aromatic N) is 2. The number of rotatable bonds is 6. The molecular weight excluding hydrogens is 288 g/mol. The monoisotopic (exact) mass is 312 g/mol. The summed E-state index contributed by atoms with van der Waals surface area (Å²) >= 11 is 0. The topological polar surface area (TPSA) is 102 Å². The lowest BCUT2D eigenvalue weighted by Crippen LogP contribution is -2.38. The molecule has 7 heteroatoms. The molecule has 0 aromatic carbocycles. The third kappa shape index (κ3) is 4.39. The van der Waals surface area contributed by atoms with Gasteiger partial charge in [0, 0.05) is 18.8 Å². The highest BCUT2D eigenvalue weighted by molar-refractivity contribution is 7.89. The highest BCUT2D eigenvalue weighted by Gasteiger charge is 2.22. The zero-order valence-corrected chi connectivity index (χ0v) is 13.1. The number of anilines is 1. The van der Waals surface area contributed by atoms with E-state index in [-0.39, 0.29) is 4.90 Å². The van der Waals surface area contributed by atoms with Gasteiger partial charge in [0.1, 0.15) is 10.7 Å². The van der Waals surface area contributed by atoms with Gasteiger partial charge in [-0.1, -0.05) is 19.3 Å². The van der Waals surface area contributed by atoms with Crippen LogP contribution in [-0.4, -0.2) is 32.5 Å². The first-order chi connectivity index (χ1) is 10.0. The minimum Gasteiger partial charge on any atom is -0.354 e. The van der Waals surface area contributed by atoms with Gasteiger partial charge in [0.2, 0.25) is 10.0 Å². The van der Waals surface area contributed by atoms with Gasteiger partial charge in [-0.25, -0.2) is 18.5 Å². The normalized spacial score (nSPS) is 16.9. The molecule has 118 valence electrons. The van der Waals surface area contributed by atoms with Crippen molar-refractivity contribution >= 4 is 15.8 Å². The maximum absolute atomic E-state index is 11.3. The summed E-state index contributed by atoms with van der Waals surface area (Å²) in [5.41, 5.74) is 5.62. The SMILES string of the molecule is NCCCN(c1ccc(S(N)(=O)=O)cn1)C1CCCCC1. The summed E-state index contributed by atoms with van der Waals surface area (Å²) in [5.74, 6) is 0.808. The van der Waals surface area contributed by atoms with Gasteiger partial charge in [-0.2, -0.15) is 0 Å². The Labute approximate surface area is 126 Å². The Morgan fingerprint density at radius 2 is 1.95 bits per heavy atom. The van der Waals surface area contributed by atoms with E-state index in [0.717, 1.165) is 31.6 Å². The van der Waals surface area contributed by atoms with E-state index in [4.69, 9.17) is 10.9 Å². The number of pyridine rings is 1. The van der Waals surface area contributed by atoms with E-state index in [9.17, 15) is 8.42 Å². The van der Waals surface area contributed by atoms with Gasteiger partial charge < -0.3 is 10.6 Å². The lowest BCUT2D eigenvalue weighted by atomic mass is 9.94. The molecule has 1 heterocycles. The smallest absolute Gasteiger partial charge is 0.239 e. The third-order valence-corrected chi connectivity index (χ3v) is 4.86. The summed E-state index contributed by atoms with van der Waals surface area (Å²) in [5, 5.41) is 5.11. The third-order valence-electron chi connectivity index (χ3n) is 3.96. The largest absolute Gasteiger partial charge is 0.354 e. The van der Waals surface area contributed by atoms with E-state index >= 15 is 0 Å². The second kappa shape index (κ2) is 7.20. The molecule has 0 saturated heterocycles. The Morgan fingerprint density at radius 1 is 1.24 bits per heavy atom. The Balaban J connectivity index is 2.19. The minimum absolute atomic E-state index is 0.0497. The van der Waals surface area contributed by atoms with Gasteiger partial charge >= 0.3 is 0 Å². The Bertz CT molecular complexity index is 539. The molecule has 1 aliphatic carbocycles. The minimum atomic E-state index is -3.69. The van der Waals surface area contributed by atoms with E-state index in [2.05, 4.69) is 9.88 Å². The number of sulfonamides is 1. The molecule has 1 aliphatic rings. The van der Waals surface area contributed by atoms with Crippen molar-refractivity contribution in [1.29, 1.82) is 0 Å². The van der Waals surface area contributed by atoms with Crippen LogP contribution in [0, 0.1) is 0 Å². The van der Waals surface area contributed by atoms with Gasteiger partial charge in [-0.3, -0.25) is 0 Å². The van der Waals surface area contributed by atoms with Gasteiger partial charge in [-0.05, 0) is 37.9 Å². The molecule has 0 aliphatic heterocycles. The average Bonchev–Trinajstić information content (AvgIpc) is 2.48. The van der Waals surface area contributed by atoms with Crippen molar-refractivity contribution in [3.05, 3.63) is 18.3 Å². The summed E-state index contributed by atoms with van der Waals surface area (Å²) in [6, 6.07) is 3.74. The van der Waals surface area contributed by atoms with Crippen molar-refractivity contribution in [2.24, 2.45) is 10.9 Å². The fourth-order valence-electron chi connectivity index (χ4n) is 2.85. The lowest BCUT2D eigenvalue weighted by molar-refractivity contribution is 0.411. The first kappa shape index (κ1) is 16.2. The predicted octanol–water partition coefficient (Wildman–Crippen LogP) is 1.22. The highest BCUT2D eigenvalue weighted by atomic mass is 32.2. The van der Waals surface area contributed by atoms with E-state index in [0.29, 0.717) is 12.6 Å². The van der Waals surface area contributed by atoms with Crippen LogP contribution < -0.4 is 15.8 Å². The van der Waals surface area contributed by atoms with E-state index in [1.54, 1.807) is 6.07 Å². The fraction of sp³-hybridized carbons (Fsp3) is 0.643. The Kier molecular flexibility index (Phi) is 5.55. The Hall–Kier alpha value is -1.18.